The number of rotatable bonds is 0. The fourth-order valence-corrected chi connectivity index (χ4v) is 1.25. The molecule has 0 aliphatic carbocycles. The Hall–Kier alpha value is -0.810. The summed E-state index contributed by atoms with van der Waals surface area (Å²) in [5.41, 5.74) is -0.434. The van der Waals surface area contributed by atoms with E-state index in [1.165, 1.54) is 0 Å². The normalized spacial score (nSPS) is 19.9. The van der Waals surface area contributed by atoms with Gasteiger partial charge in [0.2, 0.25) is 0 Å². The Labute approximate surface area is 90.9 Å². The molecule has 88 valence electrons. The molecule has 0 aromatic rings. The maximum Gasteiger partial charge on any atom is 0.410 e. The molecule has 0 N–H and O–H groups in total. The van der Waals surface area contributed by atoms with Crippen molar-refractivity contribution in [3.63, 3.8) is 0 Å². The van der Waals surface area contributed by atoms with Gasteiger partial charge in [-0.25, -0.2) is 4.79 Å². The van der Waals surface area contributed by atoms with Crippen LogP contribution in [0.1, 0.15) is 20.8 Å². The van der Waals surface area contributed by atoms with E-state index in [9.17, 15) is 4.79 Å². The summed E-state index contributed by atoms with van der Waals surface area (Å²) in [7, 11) is 1.86. The Kier molecular flexibility index (Phi) is 3.93. The molecule has 0 atom stereocenters. The van der Waals surface area contributed by atoms with Crippen LogP contribution >= 0.6 is 0 Å². The van der Waals surface area contributed by atoms with Gasteiger partial charge in [-0.2, -0.15) is 5.06 Å². The molecule has 5 nitrogen and oxygen atoms in total. The lowest BCUT2D eigenvalue weighted by atomic mass is 10.2. The number of hydroxylamine groups is 2. The van der Waals surface area contributed by atoms with Gasteiger partial charge in [-0.1, -0.05) is 0 Å². The van der Waals surface area contributed by atoms with Gasteiger partial charge in [0.15, 0.2) is 0 Å². The number of carbonyl (C=O) groups excluding carboxylic acids is 1. The van der Waals surface area contributed by atoms with Crippen LogP contribution in [0.2, 0.25) is 0 Å². The van der Waals surface area contributed by atoms with E-state index in [1.54, 1.807) is 9.96 Å². The van der Waals surface area contributed by atoms with E-state index < -0.39 is 5.60 Å². The molecular weight excluding hydrogens is 196 g/mol. The van der Waals surface area contributed by atoms with Crippen molar-refractivity contribution in [2.24, 2.45) is 0 Å². The third kappa shape index (κ3) is 4.48. The van der Waals surface area contributed by atoms with Crippen molar-refractivity contribution in [1.82, 2.24) is 9.96 Å². The fourth-order valence-electron chi connectivity index (χ4n) is 1.25. The van der Waals surface area contributed by atoms with E-state index in [0.717, 1.165) is 0 Å². The molecule has 0 aromatic heterocycles. The van der Waals surface area contributed by atoms with Gasteiger partial charge in [0, 0.05) is 26.7 Å². The number of nitrogens with zero attached hydrogens (tertiary/aromatic N) is 2. The second-order valence-corrected chi connectivity index (χ2v) is 4.65. The van der Waals surface area contributed by atoms with Crippen molar-refractivity contribution in [2.45, 2.75) is 26.4 Å². The van der Waals surface area contributed by atoms with Gasteiger partial charge in [0.05, 0.1) is 6.61 Å². The van der Waals surface area contributed by atoms with Crippen LogP contribution in [-0.4, -0.2) is 54.9 Å². The summed E-state index contributed by atoms with van der Waals surface area (Å²) in [6.45, 7) is 8.06. The van der Waals surface area contributed by atoms with E-state index in [1.807, 2.05) is 27.8 Å². The van der Waals surface area contributed by atoms with Crippen LogP contribution in [0, 0.1) is 0 Å². The quantitative estimate of drug-likeness (QED) is 0.608. The maximum absolute atomic E-state index is 11.7. The number of ether oxygens (including phenoxy) is 1. The zero-order chi connectivity index (χ0) is 11.5. The summed E-state index contributed by atoms with van der Waals surface area (Å²) in [6, 6.07) is 0. The molecule has 0 bridgehead atoms. The Morgan fingerprint density at radius 1 is 1.27 bits per heavy atom. The van der Waals surface area contributed by atoms with Crippen molar-refractivity contribution in [2.75, 3.05) is 33.3 Å². The summed E-state index contributed by atoms with van der Waals surface area (Å²) < 4.78 is 5.28. The SMILES string of the molecule is CN1CCN(C(=O)OC(C)(C)C)CCO1. The first-order valence-corrected chi connectivity index (χ1v) is 5.20. The molecule has 1 fully saturated rings. The topological polar surface area (TPSA) is 42.0 Å². The lowest BCUT2D eigenvalue weighted by molar-refractivity contribution is -0.126. The third-order valence-electron chi connectivity index (χ3n) is 2.01. The highest BCUT2D eigenvalue weighted by Gasteiger charge is 2.23. The molecule has 1 amide bonds. The Morgan fingerprint density at radius 2 is 1.93 bits per heavy atom. The highest BCUT2D eigenvalue weighted by molar-refractivity contribution is 5.68. The van der Waals surface area contributed by atoms with E-state index in [4.69, 9.17) is 9.57 Å². The largest absolute Gasteiger partial charge is 0.444 e. The minimum atomic E-state index is -0.434. The smallest absolute Gasteiger partial charge is 0.410 e. The van der Waals surface area contributed by atoms with Crippen LogP contribution in [-0.2, 0) is 9.57 Å². The predicted octanol–water partition coefficient (Wildman–Crippen LogP) is 1.10. The molecule has 0 aromatic carbocycles. The first-order chi connectivity index (χ1) is 6.88. The molecule has 15 heavy (non-hydrogen) atoms. The zero-order valence-corrected chi connectivity index (χ0v) is 9.95. The van der Waals surface area contributed by atoms with Crippen molar-refractivity contribution in [3.8, 4) is 0 Å². The predicted molar refractivity (Wildman–Crippen MR) is 56.4 cm³/mol. The standard InChI is InChI=1S/C10H20N2O3/c1-10(2,3)15-9(13)12-6-5-11(4)14-8-7-12/h5-8H2,1-4H3. The Bertz CT molecular complexity index is 225. The molecule has 1 rings (SSSR count). The first kappa shape index (κ1) is 12.3. The van der Waals surface area contributed by atoms with Crippen LogP contribution in [0.4, 0.5) is 4.79 Å². The van der Waals surface area contributed by atoms with E-state index in [-0.39, 0.29) is 6.09 Å². The van der Waals surface area contributed by atoms with E-state index >= 15 is 0 Å². The monoisotopic (exact) mass is 216 g/mol. The van der Waals surface area contributed by atoms with Crippen LogP contribution in [0.15, 0.2) is 0 Å². The molecule has 1 aliphatic heterocycles. The first-order valence-electron chi connectivity index (χ1n) is 5.20. The lowest BCUT2D eigenvalue weighted by Crippen LogP contribution is -2.39. The number of carbonyl (C=O) groups is 1. The average molecular weight is 216 g/mol. The summed E-state index contributed by atoms with van der Waals surface area (Å²) in [5, 5.41) is 1.74. The summed E-state index contributed by atoms with van der Waals surface area (Å²) in [4.78, 5) is 18.7. The Morgan fingerprint density at radius 3 is 2.53 bits per heavy atom. The van der Waals surface area contributed by atoms with Crippen LogP contribution in [0.3, 0.4) is 0 Å². The number of likely N-dealkylation sites (N-methyl/N-ethyl adjacent to an activating group) is 1. The molecule has 0 spiro atoms. The van der Waals surface area contributed by atoms with Crippen LogP contribution in [0.25, 0.3) is 0 Å². The molecule has 1 heterocycles. The molecule has 5 heteroatoms. The number of amides is 1. The highest BCUT2D eigenvalue weighted by Crippen LogP contribution is 2.10. The molecule has 0 radical (unpaired) electrons. The number of hydrogen-bond acceptors (Lipinski definition) is 4. The third-order valence-corrected chi connectivity index (χ3v) is 2.01. The van der Waals surface area contributed by atoms with Crippen LogP contribution < -0.4 is 0 Å². The minimum absolute atomic E-state index is 0.263. The van der Waals surface area contributed by atoms with Gasteiger partial charge in [0.25, 0.3) is 0 Å². The molecule has 1 saturated heterocycles. The summed E-state index contributed by atoms with van der Waals surface area (Å²) >= 11 is 0. The molecule has 1 aliphatic rings. The molecular formula is C10H20N2O3. The second kappa shape index (κ2) is 4.81. The van der Waals surface area contributed by atoms with Crippen LogP contribution in [0.5, 0.6) is 0 Å². The Balaban J connectivity index is 2.45. The summed E-state index contributed by atoms with van der Waals surface area (Å²) in [5.74, 6) is 0. The van der Waals surface area contributed by atoms with Crippen molar-refractivity contribution in [1.29, 1.82) is 0 Å². The second-order valence-electron chi connectivity index (χ2n) is 4.65. The van der Waals surface area contributed by atoms with Crippen molar-refractivity contribution in [3.05, 3.63) is 0 Å². The van der Waals surface area contributed by atoms with E-state index in [2.05, 4.69) is 0 Å². The van der Waals surface area contributed by atoms with Crippen molar-refractivity contribution >= 4 is 6.09 Å². The van der Waals surface area contributed by atoms with Gasteiger partial charge >= 0.3 is 6.09 Å². The van der Waals surface area contributed by atoms with Crippen molar-refractivity contribution < 1.29 is 14.4 Å². The van der Waals surface area contributed by atoms with E-state index in [0.29, 0.717) is 26.2 Å². The van der Waals surface area contributed by atoms with Gasteiger partial charge in [-0.15, -0.1) is 0 Å². The molecule has 0 unspecified atom stereocenters. The van der Waals surface area contributed by atoms with Gasteiger partial charge in [-0.05, 0) is 20.8 Å². The maximum atomic E-state index is 11.7. The minimum Gasteiger partial charge on any atom is -0.444 e. The molecule has 0 saturated carbocycles. The highest BCUT2D eigenvalue weighted by atomic mass is 16.7. The van der Waals surface area contributed by atoms with Gasteiger partial charge < -0.3 is 9.64 Å². The summed E-state index contributed by atoms with van der Waals surface area (Å²) in [6.07, 6.45) is -0.263. The number of hydrogen-bond donors (Lipinski definition) is 0. The average Bonchev–Trinajstić information content (AvgIpc) is 2.26. The lowest BCUT2D eigenvalue weighted by Gasteiger charge is -2.25. The van der Waals surface area contributed by atoms with Gasteiger partial charge in [0.1, 0.15) is 5.60 Å². The fraction of sp³-hybridized carbons (Fsp3) is 0.900. The van der Waals surface area contributed by atoms with Gasteiger partial charge in [-0.3, -0.25) is 4.84 Å². The zero-order valence-electron chi connectivity index (χ0n) is 9.95.